The molecule has 0 spiro atoms. The second-order valence-corrected chi connectivity index (χ2v) is 15.4. The molecule has 4 nitrogen and oxygen atoms in total. The molecule has 4 heteroatoms. The fraction of sp³-hybridized carbons (Fsp3) is 0.844. The minimum absolute atomic E-state index is 0.00429. The summed E-state index contributed by atoms with van der Waals surface area (Å²) in [4.78, 5) is 27.7. The van der Waals surface area contributed by atoms with Crippen LogP contribution in [0.3, 0.4) is 0 Å². The number of nitriles is 1. The third-order valence-corrected chi connectivity index (χ3v) is 13.0. The second kappa shape index (κ2) is 7.78. The van der Waals surface area contributed by atoms with Gasteiger partial charge >= 0.3 is 0 Å². The van der Waals surface area contributed by atoms with Crippen molar-refractivity contribution in [2.75, 3.05) is 6.54 Å². The first kappa shape index (κ1) is 26.1. The summed E-state index contributed by atoms with van der Waals surface area (Å²) in [5.41, 5.74) is -0.290. The van der Waals surface area contributed by atoms with Gasteiger partial charge in [-0.2, -0.15) is 5.26 Å². The maximum Gasteiger partial charge on any atom is 0.178 e. The summed E-state index contributed by atoms with van der Waals surface area (Å²) in [6.45, 7) is 19.3. The highest BCUT2D eigenvalue weighted by Gasteiger charge is 2.72. The molecule has 0 bridgehead atoms. The summed E-state index contributed by atoms with van der Waals surface area (Å²) in [5, 5.41) is 13.8. The Bertz CT molecular complexity index is 1060. The zero-order valence-electron chi connectivity index (χ0n) is 24.0. The Kier molecular flexibility index (Phi) is 5.65. The fourth-order valence-corrected chi connectivity index (χ4v) is 11.0. The van der Waals surface area contributed by atoms with E-state index in [2.05, 4.69) is 52.9 Å². The minimum atomic E-state index is -0.573. The van der Waals surface area contributed by atoms with Gasteiger partial charge in [0.15, 0.2) is 5.78 Å². The lowest BCUT2D eigenvalue weighted by molar-refractivity contribution is -0.215. The lowest BCUT2D eigenvalue weighted by Crippen LogP contribution is -2.71. The van der Waals surface area contributed by atoms with Gasteiger partial charge in [0.25, 0.3) is 0 Å². The van der Waals surface area contributed by atoms with Crippen LogP contribution in [0.5, 0.6) is 0 Å². The molecule has 0 radical (unpaired) electrons. The molecule has 4 saturated carbocycles. The van der Waals surface area contributed by atoms with E-state index in [0.29, 0.717) is 23.7 Å². The van der Waals surface area contributed by atoms with Gasteiger partial charge in [0, 0.05) is 23.3 Å². The van der Waals surface area contributed by atoms with Crippen LogP contribution >= 0.6 is 0 Å². The average molecular weight is 493 g/mol. The molecular weight excluding hydrogens is 444 g/mol. The molecule has 36 heavy (non-hydrogen) atoms. The van der Waals surface area contributed by atoms with Crippen LogP contribution in [0.1, 0.15) is 107 Å². The topological polar surface area (TPSA) is 70.0 Å². The summed E-state index contributed by atoms with van der Waals surface area (Å²) in [6, 6.07) is 2.24. The average Bonchev–Trinajstić information content (AvgIpc) is 2.79. The van der Waals surface area contributed by atoms with E-state index in [4.69, 9.17) is 0 Å². The molecule has 5 aliphatic rings. The zero-order valence-corrected chi connectivity index (χ0v) is 24.0. The van der Waals surface area contributed by atoms with Gasteiger partial charge in [0.1, 0.15) is 11.9 Å². The van der Waals surface area contributed by atoms with Crippen LogP contribution in [-0.2, 0) is 9.59 Å². The molecule has 4 fully saturated rings. The van der Waals surface area contributed by atoms with E-state index in [9.17, 15) is 14.9 Å². The molecular formula is C32H48N2O2. The molecule has 0 aromatic heterocycles. The Labute approximate surface area is 219 Å². The van der Waals surface area contributed by atoms with Gasteiger partial charge in [0.05, 0.1) is 5.57 Å². The van der Waals surface area contributed by atoms with Crippen molar-refractivity contribution in [1.82, 2.24) is 5.32 Å². The summed E-state index contributed by atoms with van der Waals surface area (Å²) >= 11 is 0. The minimum Gasteiger partial charge on any atom is -0.311 e. The lowest BCUT2D eigenvalue weighted by atomic mass is 9.32. The molecule has 0 amide bonds. The third kappa shape index (κ3) is 3.14. The first-order valence-corrected chi connectivity index (χ1v) is 14.6. The molecule has 0 aliphatic heterocycles. The number of nitrogens with zero attached hydrogens (tertiary/aromatic N) is 1. The quantitative estimate of drug-likeness (QED) is 0.469. The van der Waals surface area contributed by atoms with Gasteiger partial charge < -0.3 is 5.32 Å². The monoisotopic (exact) mass is 492 g/mol. The Morgan fingerprint density at radius 2 is 1.61 bits per heavy atom. The fourth-order valence-electron chi connectivity index (χ4n) is 11.0. The molecule has 0 saturated heterocycles. The summed E-state index contributed by atoms with van der Waals surface area (Å²) in [7, 11) is 0. The molecule has 5 aliphatic carbocycles. The number of rotatable bonds is 2. The van der Waals surface area contributed by atoms with Gasteiger partial charge in [-0.25, -0.2) is 0 Å². The summed E-state index contributed by atoms with van der Waals surface area (Å²) in [5.74, 6) is 1.23. The highest BCUT2D eigenvalue weighted by atomic mass is 16.1. The van der Waals surface area contributed by atoms with Crippen molar-refractivity contribution in [3.8, 4) is 6.07 Å². The van der Waals surface area contributed by atoms with Crippen molar-refractivity contribution in [3.63, 3.8) is 0 Å². The molecule has 1 N–H and O–H groups in total. The highest BCUT2D eigenvalue weighted by Crippen LogP contribution is 2.74. The number of hydrogen-bond donors (Lipinski definition) is 1. The Morgan fingerprint density at radius 3 is 2.25 bits per heavy atom. The van der Waals surface area contributed by atoms with Crippen LogP contribution in [0.25, 0.3) is 0 Å². The maximum atomic E-state index is 14.5. The predicted molar refractivity (Wildman–Crippen MR) is 143 cm³/mol. The smallest absolute Gasteiger partial charge is 0.178 e. The highest BCUT2D eigenvalue weighted by molar-refractivity contribution is 6.04. The van der Waals surface area contributed by atoms with E-state index in [1.165, 1.54) is 12.8 Å². The molecule has 198 valence electrons. The van der Waals surface area contributed by atoms with E-state index >= 15 is 0 Å². The maximum absolute atomic E-state index is 14.5. The van der Waals surface area contributed by atoms with Crippen LogP contribution in [0.15, 0.2) is 11.6 Å². The number of carbonyl (C=O) groups is 2. The number of ketones is 2. The van der Waals surface area contributed by atoms with E-state index in [1.807, 2.05) is 19.9 Å². The van der Waals surface area contributed by atoms with Gasteiger partial charge in [-0.15, -0.1) is 0 Å². The Morgan fingerprint density at radius 1 is 0.944 bits per heavy atom. The van der Waals surface area contributed by atoms with Crippen molar-refractivity contribution in [2.24, 2.45) is 50.7 Å². The summed E-state index contributed by atoms with van der Waals surface area (Å²) < 4.78 is 0. The van der Waals surface area contributed by atoms with Crippen molar-refractivity contribution >= 4 is 11.6 Å². The van der Waals surface area contributed by atoms with Gasteiger partial charge in [-0.3, -0.25) is 9.59 Å². The Balaban J connectivity index is 1.63. The van der Waals surface area contributed by atoms with Crippen molar-refractivity contribution in [3.05, 3.63) is 11.6 Å². The van der Waals surface area contributed by atoms with Crippen LogP contribution in [-0.4, -0.2) is 23.7 Å². The van der Waals surface area contributed by atoms with Gasteiger partial charge in [0.2, 0.25) is 0 Å². The molecule has 8 atom stereocenters. The van der Waals surface area contributed by atoms with Crippen LogP contribution < -0.4 is 5.32 Å². The van der Waals surface area contributed by atoms with E-state index in [-0.39, 0.29) is 50.7 Å². The number of hydrogen-bond acceptors (Lipinski definition) is 4. The van der Waals surface area contributed by atoms with E-state index < -0.39 is 5.41 Å². The van der Waals surface area contributed by atoms with Crippen molar-refractivity contribution in [1.29, 1.82) is 5.26 Å². The molecule has 8 unspecified atom stereocenters. The second-order valence-electron chi connectivity index (χ2n) is 15.4. The van der Waals surface area contributed by atoms with Crippen molar-refractivity contribution in [2.45, 2.75) is 112 Å². The molecule has 0 aromatic carbocycles. The van der Waals surface area contributed by atoms with Crippen LogP contribution in [0.2, 0.25) is 0 Å². The first-order chi connectivity index (χ1) is 16.6. The lowest BCUT2D eigenvalue weighted by Gasteiger charge is -2.72. The Hall–Kier alpha value is -1.47. The van der Waals surface area contributed by atoms with Gasteiger partial charge in [-0.1, -0.05) is 61.5 Å². The number of fused-ring (bicyclic) bond motifs is 7. The SMILES string of the molecule is CCNC12CCC(C)(C)CC1C1C(=O)CC3C4(C)C=C(C#N)C(=O)C(C)(C)C4CCC3(C)C1(C)CC2. The van der Waals surface area contributed by atoms with Gasteiger partial charge in [-0.05, 0) is 90.9 Å². The predicted octanol–water partition coefficient (Wildman–Crippen LogP) is 6.65. The first-order valence-electron chi connectivity index (χ1n) is 14.6. The third-order valence-electron chi connectivity index (χ3n) is 13.0. The number of carbonyl (C=O) groups excluding carboxylic acids is 2. The van der Waals surface area contributed by atoms with Crippen LogP contribution in [0.4, 0.5) is 0 Å². The number of allylic oxidation sites excluding steroid dienone is 2. The molecule has 5 rings (SSSR count). The number of Topliss-reactive ketones (excluding diaryl/α,β-unsaturated/α-hetero) is 2. The van der Waals surface area contributed by atoms with E-state index in [0.717, 1.165) is 38.6 Å². The standard InChI is InChI=1S/C32H48N2O2/c1-9-34-32-14-12-27(2,3)18-21(32)25-22(35)16-24-29(6)17-20(19-33)26(36)28(4,5)23(29)10-11-30(24,7)31(25,8)13-15-32/h17,21,23-25,34H,9-16,18H2,1-8H3. The zero-order chi connectivity index (χ0) is 26.5. The normalized spacial score (nSPS) is 49.0. The van der Waals surface area contributed by atoms with Crippen molar-refractivity contribution < 1.29 is 9.59 Å². The molecule has 0 heterocycles. The van der Waals surface area contributed by atoms with Crippen LogP contribution in [0, 0.1) is 62.1 Å². The summed E-state index contributed by atoms with van der Waals surface area (Å²) in [6.07, 6.45) is 10.4. The number of nitrogens with one attached hydrogen (secondary N) is 1. The molecule has 0 aromatic rings. The largest absolute Gasteiger partial charge is 0.311 e. The van der Waals surface area contributed by atoms with E-state index in [1.54, 1.807) is 0 Å².